The van der Waals surface area contributed by atoms with Crippen LogP contribution in [0.2, 0.25) is 0 Å². The molecule has 356 valence electrons. The standard InChI is InChI=1S/C70H57FS2/c1-42-29-30-46(43(2)37-42)38-61(59-26-16-25-58-54-21-12-14-28-66(54)73-69(58)59)44(3)47-31-36-60-62(39-47)70(4,5)63-40-49(50-19-9-10-22-55(50)67(60)63)33-34-51(52-35-32-48(41-64(52)71)45-17-7-6-8-18-45)56-23-15-24-57-53-20-11-13-27-65(53)72-68(56)57/h6-32,35-37,39-41,44,51,61H,33-34,38H2,1-5H3/t44-,51?,61?/m0/s1. The first-order valence-electron chi connectivity index (χ1n) is 26.0. The minimum atomic E-state index is -0.241. The summed E-state index contributed by atoms with van der Waals surface area (Å²) in [4.78, 5) is 0. The molecule has 0 spiro atoms. The zero-order chi connectivity index (χ0) is 49.5. The van der Waals surface area contributed by atoms with Gasteiger partial charge < -0.3 is 0 Å². The van der Waals surface area contributed by atoms with Gasteiger partial charge in [-0.3, -0.25) is 0 Å². The summed E-state index contributed by atoms with van der Waals surface area (Å²) < 4.78 is 22.2. The molecule has 73 heavy (non-hydrogen) atoms. The molecule has 2 heterocycles. The summed E-state index contributed by atoms with van der Waals surface area (Å²) in [7, 11) is 0. The molecule has 2 unspecified atom stereocenters. The lowest BCUT2D eigenvalue weighted by Crippen LogP contribution is -2.17. The molecule has 0 saturated carbocycles. The quantitative estimate of drug-likeness (QED) is 0.121. The molecular formula is C70H57FS2. The van der Waals surface area contributed by atoms with E-state index in [4.69, 9.17) is 0 Å². The fraction of sp³-hybridized carbons (Fsp3) is 0.171. The van der Waals surface area contributed by atoms with Crippen molar-refractivity contribution in [2.45, 2.75) is 77.0 Å². The minimum absolute atomic E-state index is 0.151. The largest absolute Gasteiger partial charge is 0.207 e. The summed E-state index contributed by atoms with van der Waals surface area (Å²) in [6.07, 6.45) is 2.54. The Bertz CT molecular complexity index is 4110. The summed E-state index contributed by atoms with van der Waals surface area (Å²) in [6.45, 7) is 11.8. The molecule has 0 amide bonds. The topological polar surface area (TPSA) is 0 Å². The molecule has 10 aromatic carbocycles. The Hall–Kier alpha value is -7.17. The predicted molar refractivity (Wildman–Crippen MR) is 313 cm³/mol. The summed E-state index contributed by atoms with van der Waals surface area (Å²) in [6, 6.07) is 73.4. The lowest BCUT2D eigenvalue weighted by molar-refractivity contribution is 0.572. The van der Waals surface area contributed by atoms with Crippen molar-refractivity contribution in [1.82, 2.24) is 0 Å². The molecule has 3 heteroatoms. The first-order valence-corrected chi connectivity index (χ1v) is 27.6. The number of fused-ring (bicyclic) bond motifs is 11. The number of rotatable bonds is 11. The average Bonchev–Trinajstić information content (AvgIpc) is 4.07. The Morgan fingerprint density at radius 1 is 0.493 bits per heavy atom. The molecule has 0 N–H and O–H groups in total. The van der Waals surface area contributed by atoms with E-state index in [-0.39, 0.29) is 29.0 Å². The fourth-order valence-corrected chi connectivity index (χ4v) is 15.3. The molecule has 2 aromatic heterocycles. The van der Waals surface area contributed by atoms with E-state index in [1.54, 1.807) is 6.07 Å². The van der Waals surface area contributed by atoms with E-state index in [9.17, 15) is 0 Å². The van der Waals surface area contributed by atoms with Crippen molar-refractivity contribution in [3.63, 3.8) is 0 Å². The smallest absolute Gasteiger partial charge is 0.127 e. The molecule has 0 fully saturated rings. The average molecular weight is 981 g/mol. The van der Waals surface area contributed by atoms with Gasteiger partial charge in [-0.05, 0) is 146 Å². The SMILES string of the molecule is Cc1ccc(CC(c2cccc3c2sc2ccccc23)[C@@H](C)c2ccc3c(c2)C(C)(C)c2cc(CCC(c4ccc(-c5ccccc5)cc4F)c4cccc5c4sc4ccccc45)c4ccccc4c2-3)c(C)c1. The van der Waals surface area contributed by atoms with Crippen LogP contribution in [0.4, 0.5) is 4.39 Å². The first-order chi connectivity index (χ1) is 35.6. The Morgan fingerprint density at radius 3 is 1.82 bits per heavy atom. The van der Waals surface area contributed by atoms with Crippen molar-refractivity contribution in [2.75, 3.05) is 0 Å². The third-order valence-electron chi connectivity index (χ3n) is 16.7. The highest BCUT2D eigenvalue weighted by molar-refractivity contribution is 7.26. The van der Waals surface area contributed by atoms with E-state index >= 15 is 4.39 Å². The van der Waals surface area contributed by atoms with Crippen LogP contribution in [0.5, 0.6) is 0 Å². The van der Waals surface area contributed by atoms with Crippen LogP contribution in [0.15, 0.2) is 200 Å². The second-order valence-corrected chi connectivity index (χ2v) is 23.4. The third kappa shape index (κ3) is 7.74. The molecule has 13 rings (SSSR count). The Morgan fingerprint density at radius 2 is 1.12 bits per heavy atom. The van der Waals surface area contributed by atoms with Gasteiger partial charge in [-0.15, -0.1) is 22.7 Å². The van der Waals surface area contributed by atoms with Gasteiger partial charge in [0.2, 0.25) is 0 Å². The molecule has 3 atom stereocenters. The van der Waals surface area contributed by atoms with Gasteiger partial charge >= 0.3 is 0 Å². The number of benzene rings is 10. The molecule has 1 aliphatic rings. The summed E-state index contributed by atoms with van der Waals surface area (Å²) in [5.41, 5.74) is 17.3. The van der Waals surface area contributed by atoms with Crippen LogP contribution in [-0.2, 0) is 18.3 Å². The highest BCUT2D eigenvalue weighted by Gasteiger charge is 2.38. The van der Waals surface area contributed by atoms with Gasteiger partial charge in [-0.1, -0.05) is 208 Å². The normalized spacial score (nSPS) is 14.3. The highest BCUT2D eigenvalue weighted by Crippen LogP contribution is 2.54. The second-order valence-electron chi connectivity index (χ2n) is 21.3. The molecule has 1 aliphatic carbocycles. The summed E-state index contributed by atoms with van der Waals surface area (Å²) in [5.74, 6) is 0.207. The minimum Gasteiger partial charge on any atom is -0.207 e. The zero-order valence-electron chi connectivity index (χ0n) is 42.1. The Balaban J connectivity index is 0.895. The molecule has 0 nitrogen and oxygen atoms in total. The van der Waals surface area contributed by atoms with E-state index in [1.165, 1.54) is 112 Å². The van der Waals surface area contributed by atoms with Crippen LogP contribution in [0.25, 0.3) is 73.4 Å². The Kier molecular flexibility index (Phi) is 11.3. The van der Waals surface area contributed by atoms with Crippen LogP contribution in [0.1, 0.15) is 101 Å². The van der Waals surface area contributed by atoms with Crippen molar-refractivity contribution in [2.24, 2.45) is 0 Å². The van der Waals surface area contributed by atoms with Crippen LogP contribution in [0.3, 0.4) is 0 Å². The van der Waals surface area contributed by atoms with Gasteiger partial charge in [-0.2, -0.15) is 0 Å². The van der Waals surface area contributed by atoms with Crippen molar-refractivity contribution in [3.05, 3.63) is 262 Å². The molecule has 0 saturated heterocycles. The lowest BCUT2D eigenvalue weighted by atomic mass is 9.75. The van der Waals surface area contributed by atoms with Gasteiger partial charge in [0.25, 0.3) is 0 Å². The van der Waals surface area contributed by atoms with Gasteiger partial charge in [0, 0.05) is 51.7 Å². The van der Waals surface area contributed by atoms with E-state index in [0.717, 1.165) is 36.0 Å². The molecule has 0 radical (unpaired) electrons. The first kappa shape index (κ1) is 45.7. The third-order valence-corrected chi connectivity index (χ3v) is 19.2. The number of hydrogen-bond acceptors (Lipinski definition) is 2. The van der Waals surface area contributed by atoms with Gasteiger partial charge in [0.1, 0.15) is 5.82 Å². The van der Waals surface area contributed by atoms with E-state index < -0.39 is 0 Å². The van der Waals surface area contributed by atoms with Gasteiger partial charge in [0.05, 0.1) is 0 Å². The van der Waals surface area contributed by atoms with Crippen molar-refractivity contribution in [3.8, 4) is 22.3 Å². The molecule has 0 bridgehead atoms. The maximum absolute atomic E-state index is 17.0. The molecular weight excluding hydrogens is 924 g/mol. The summed E-state index contributed by atoms with van der Waals surface area (Å²) >= 11 is 3.78. The molecule has 0 aliphatic heterocycles. The fourth-order valence-electron chi connectivity index (χ4n) is 12.8. The summed E-state index contributed by atoms with van der Waals surface area (Å²) in [5, 5.41) is 7.80. The number of aryl methyl sites for hydroxylation is 3. The maximum Gasteiger partial charge on any atom is 0.127 e. The van der Waals surface area contributed by atoms with Gasteiger partial charge in [-0.25, -0.2) is 4.39 Å². The van der Waals surface area contributed by atoms with Crippen LogP contribution >= 0.6 is 22.7 Å². The van der Waals surface area contributed by atoms with Crippen LogP contribution in [0, 0.1) is 19.7 Å². The second kappa shape index (κ2) is 18.1. The van der Waals surface area contributed by atoms with Crippen LogP contribution in [-0.4, -0.2) is 0 Å². The van der Waals surface area contributed by atoms with E-state index in [0.29, 0.717) is 0 Å². The van der Waals surface area contributed by atoms with Crippen molar-refractivity contribution < 1.29 is 4.39 Å². The predicted octanol–water partition coefficient (Wildman–Crippen LogP) is 20.2. The van der Waals surface area contributed by atoms with E-state index in [2.05, 4.69) is 211 Å². The highest BCUT2D eigenvalue weighted by atomic mass is 32.1. The van der Waals surface area contributed by atoms with E-state index in [1.807, 2.05) is 40.9 Å². The Labute approximate surface area is 436 Å². The zero-order valence-corrected chi connectivity index (χ0v) is 43.7. The number of halogens is 1. The monoisotopic (exact) mass is 980 g/mol. The van der Waals surface area contributed by atoms with Gasteiger partial charge in [0.15, 0.2) is 0 Å². The lowest BCUT2D eigenvalue weighted by Gasteiger charge is -2.28. The molecule has 12 aromatic rings. The van der Waals surface area contributed by atoms with Crippen molar-refractivity contribution >= 4 is 73.8 Å². The van der Waals surface area contributed by atoms with Crippen LogP contribution < -0.4 is 0 Å². The number of hydrogen-bond donors (Lipinski definition) is 0. The van der Waals surface area contributed by atoms with Crippen molar-refractivity contribution in [1.29, 1.82) is 0 Å². The number of thiophene rings is 2. The maximum atomic E-state index is 17.0.